The minimum absolute atomic E-state index is 0.273. The van der Waals surface area contributed by atoms with Crippen molar-refractivity contribution < 1.29 is 0 Å². The fourth-order valence-corrected chi connectivity index (χ4v) is 2.47. The molecule has 0 spiro atoms. The molecule has 3 aromatic rings. The van der Waals surface area contributed by atoms with Gasteiger partial charge in [-0.2, -0.15) is 5.10 Å². The van der Waals surface area contributed by atoms with Crippen LogP contribution in [0.5, 0.6) is 0 Å². The van der Waals surface area contributed by atoms with E-state index in [2.05, 4.69) is 20.1 Å². The third kappa shape index (κ3) is 1.79. The molecule has 7 heteroatoms. The van der Waals surface area contributed by atoms with Crippen LogP contribution in [0.3, 0.4) is 0 Å². The Hall–Kier alpha value is -1.86. The first kappa shape index (κ1) is 10.3. The molecule has 0 aromatic carbocycles. The Kier molecular flexibility index (Phi) is 2.34. The first-order chi connectivity index (χ1) is 8.24. The molecule has 3 rings (SSSR count). The second-order valence-corrected chi connectivity index (χ2v) is 4.67. The Balaban J connectivity index is 2.03. The molecular weight excluding hydrogens is 236 g/mol. The summed E-state index contributed by atoms with van der Waals surface area (Å²) < 4.78 is 1.72. The first-order valence-corrected chi connectivity index (χ1v) is 5.87. The summed E-state index contributed by atoms with van der Waals surface area (Å²) in [5.74, 6) is 0. The number of thiazole rings is 1. The predicted octanol–water partition coefficient (Wildman–Crippen LogP) is 0.868. The van der Waals surface area contributed by atoms with Crippen molar-refractivity contribution in [3.05, 3.63) is 35.4 Å². The van der Waals surface area contributed by atoms with Gasteiger partial charge >= 0.3 is 0 Å². The minimum Gasteiger partial charge on any atom is -0.318 e. The van der Waals surface area contributed by atoms with Gasteiger partial charge in [0.2, 0.25) is 0 Å². The van der Waals surface area contributed by atoms with Crippen LogP contribution in [-0.4, -0.2) is 24.7 Å². The zero-order valence-corrected chi connectivity index (χ0v) is 9.92. The second kappa shape index (κ2) is 3.86. The van der Waals surface area contributed by atoms with Gasteiger partial charge in [-0.1, -0.05) is 11.3 Å². The fraction of sp³-hybridized carbons (Fsp3) is 0.200. The molecule has 3 aromatic heterocycles. The topological polar surface area (TPSA) is 82.5 Å². The van der Waals surface area contributed by atoms with Crippen molar-refractivity contribution >= 4 is 21.8 Å². The van der Waals surface area contributed by atoms with Gasteiger partial charge < -0.3 is 5.73 Å². The predicted molar refractivity (Wildman–Crippen MR) is 64.4 cm³/mol. The average molecular weight is 246 g/mol. The molecule has 0 saturated carbocycles. The Morgan fingerprint density at radius 1 is 1.35 bits per heavy atom. The minimum atomic E-state index is -0.273. The van der Waals surface area contributed by atoms with Gasteiger partial charge in [0.05, 0.1) is 12.2 Å². The number of rotatable bonds is 2. The zero-order valence-electron chi connectivity index (χ0n) is 9.11. The SMILES string of the molecule is Cn1cc(C(N)c2nc3nccnc3s2)cn1. The Morgan fingerprint density at radius 2 is 2.18 bits per heavy atom. The van der Waals surface area contributed by atoms with Gasteiger partial charge in [-0.3, -0.25) is 4.68 Å². The van der Waals surface area contributed by atoms with E-state index in [9.17, 15) is 0 Å². The largest absolute Gasteiger partial charge is 0.318 e. The molecule has 1 atom stereocenters. The summed E-state index contributed by atoms with van der Waals surface area (Å²) in [6, 6.07) is -0.273. The van der Waals surface area contributed by atoms with Crippen molar-refractivity contribution in [3.63, 3.8) is 0 Å². The molecule has 0 aliphatic carbocycles. The molecule has 0 saturated heterocycles. The van der Waals surface area contributed by atoms with Crippen molar-refractivity contribution in [3.8, 4) is 0 Å². The summed E-state index contributed by atoms with van der Waals surface area (Å²) in [6.07, 6.45) is 6.91. The number of hydrogen-bond donors (Lipinski definition) is 1. The first-order valence-electron chi connectivity index (χ1n) is 5.05. The number of fused-ring (bicyclic) bond motifs is 1. The van der Waals surface area contributed by atoms with E-state index < -0.39 is 0 Å². The molecule has 0 fully saturated rings. The third-order valence-corrected chi connectivity index (χ3v) is 3.45. The maximum atomic E-state index is 6.13. The van der Waals surface area contributed by atoms with Crippen LogP contribution >= 0.6 is 11.3 Å². The van der Waals surface area contributed by atoms with Crippen LogP contribution in [0.25, 0.3) is 10.5 Å². The van der Waals surface area contributed by atoms with Crippen molar-refractivity contribution in [2.24, 2.45) is 12.8 Å². The molecule has 3 heterocycles. The van der Waals surface area contributed by atoms with Crippen molar-refractivity contribution in [2.45, 2.75) is 6.04 Å². The van der Waals surface area contributed by atoms with Crippen LogP contribution in [0.2, 0.25) is 0 Å². The lowest BCUT2D eigenvalue weighted by atomic mass is 10.2. The number of aryl methyl sites for hydroxylation is 1. The lowest BCUT2D eigenvalue weighted by molar-refractivity contribution is 0.765. The molecular formula is C10H10N6S. The number of nitrogens with zero attached hydrogens (tertiary/aromatic N) is 5. The molecule has 2 N–H and O–H groups in total. The van der Waals surface area contributed by atoms with Gasteiger partial charge in [0.1, 0.15) is 5.01 Å². The second-order valence-electron chi connectivity index (χ2n) is 3.66. The van der Waals surface area contributed by atoms with Gasteiger partial charge in [-0.25, -0.2) is 15.0 Å². The smallest absolute Gasteiger partial charge is 0.189 e. The molecule has 0 bridgehead atoms. The lowest BCUT2D eigenvalue weighted by Crippen LogP contribution is -2.10. The normalized spacial score (nSPS) is 13.1. The van der Waals surface area contributed by atoms with Gasteiger partial charge in [0.25, 0.3) is 0 Å². The Labute approximate surface area is 101 Å². The van der Waals surface area contributed by atoms with E-state index in [-0.39, 0.29) is 6.04 Å². The van der Waals surface area contributed by atoms with E-state index in [1.54, 1.807) is 23.3 Å². The number of aromatic nitrogens is 5. The molecule has 0 amide bonds. The third-order valence-electron chi connectivity index (χ3n) is 2.41. The fourth-order valence-electron chi connectivity index (χ4n) is 1.57. The summed E-state index contributed by atoms with van der Waals surface area (Å²) in [4.78, 5) is 13.5. The van der Waals surface area contributed by atoms with E-state index >= 15 is 0 Å². The monoisotopic (exact) mass is 246 g/mol. The highest BCUT2D eigenvalue weighted by Gasteiger charge is 2.16. The molecule has 86 valence electrons. The van der Waals surface area contributed by atoms with E-state index in [4.69, 9.17) is 5.73 Å². The highest BCUT2D eigenvalue weighted by atomic mass is 32.1. The number of hydrogen-bond acceptors (Lipinski definition) is 6. The summed E-state index contributed by atoms with van der Waals surface area (Å²) in [6.45, 7) is 0. The van der Waals surface area contributed by atoms with Gasteiger partial charge in [0.15, 0.2) is 10.5 Å². The zero-order chi connectivity index (χ0) is 11.8. The molecule has 0 radical (unpaired) electrons. The van der Waals surface area contributed by atoms with Crippen molar-refractivity contribution in [1.82, 2.24) is 24.7 Å². The Morgan fingerprint density at radius 3 is 2.88 bits per heavy atom. The van der Waals surface area contributed by atoms with Gasteiger partial charge in [0, 0.05) is 31.2 Å². The summed E-state index contributed by atoms with van der Waals surface area (Å²) in [5.41, 5.74) is 7.71. The quantitative estimate of drug-likeness (QED) is 0.725. The van der Waals surface area contributed by atoms with Crippen LogP contribution < -0.4 is 5.73 Å². The van der Waals surface area contributed by atoms with E-state index in [1.807, 2.05) is 13.2 Å². The number of nitrogens with two attached hydrogens (primary N) is 1. The van der Waals surface area contributed by atoms with Gasteiger partial charge in [-0.15, -0.1) is 0 Å². The van der Waals surface area contributed by atoms with E-state index in [1.165, 1.54) is 11.3 Å². The summed E-state index contributed by atoms with van der Waals surface area (Å²) in [5, 5.41) is 4.90. The standard InChI is InChI=1S/C10H10N6S/c1-16-5-6(4-14-16)7(11)9-15-8-10(17-9)13-3-2-12-8/h2-5,7H,11H2,1H3. The summed E-state index contributed by atoms with van der Waals surface area (Å²) in [7, 11) is 1.86. The van der Waals surface area contributed by atoms with Crippen LogP contribution in [0.4, 0.5) is 0 Å². The lowest BCUT2D eigenvalue weighted by Gasteiger charge is -2.03. The summed E-state index contributed by atoms with van der Waals surface area (Å²) >= 11 is 1.46. The Bertz CT molecular complexity index is 624. The van der Waals surface area contributed by atoms with Crippen molar-refractivity contribution in [2.75, 3.05) is 0 Å². The van der Waals surface area contributed by atoms with Crippen LogP contribution in [-0.2, 0) is 7.05 Å². The highest BCUT2D eigenvalue weighted by Crippen LogP contribution is 2.26. The van der Waals surface area contributed by atoms with Crippen molar-refractivity contribution in [1.29, 1.82) is 0 Å². The molecule has 0 aliphatic rings. The van der Waals surface area contributed by atoms with Crippen LogP contribution in [0.1, 0.15) is 16.6 Å². The maximum Gasteiger partial charge on any atom is 0.189 e. The average Bonchev–Trinajstić information content (AvgIpc) is 2.93. The van der Waals surface area contributed by atoms with E-state index in [0.29, 0.717) is 5.65 Å². The van der Waals surface area contributed by atoms with Crippen LogP contribution in [0.15, 0.2) is 24.8 Å². The van der Waals surface area contributed by atoms with E-state index in [0.717, 1.165) is 15.4 Å². The highest BCUT2D eigenvalue weighted by molar-refractivity contribution is 7.18. The van der Waals surface area contributed by atoms with Crippen LogP contribution in [0, 0.1) is 0 Å². The molecule has 17 heavy (non-hydrogen) atoms. The molecule has 0 aliphatic heterocycles. The molecule has 6 nitrogen and oxygen atoms in total. The van der Waals surface area contributed by atoms with Gasteiger partial charge in [-0.05, 0) is 0 Å². The molecule has 1 unspecified atom stereocenters. The maximum absolute atomic E-state index is 6.13.